The molecule has 1 atom stereocenters. The van der Waals surface area contributed by atoms with Crippen LogP contribution in [-0.2, 0) is 9.59 Å². The number of ether oxygens (including phenoxy) is 1. The number of amides is 2. The first kappa shape index (κ1) is 17.3. The summed E-state index contributed by atoms with van der Waals surface area (Å²) in [7, 11) is 1.61. The molecule has 5 nitrogen and oxygen atoms in total. The van der Waals surface area contributed by atoms with Crippen LogP contribution >= 0.6 is 0 Å². The molecule has 1 saturated heterocycles. The number of anilines is 1. The zero-order chi connectivity index (χ0) is 16.7. The molecule has 126 valence electrons. The summed E-state index contributed by atoms with van der Waals surface area (Å²) in [6.45, 7) is 3.31. The molecule has 0 spiro atoms. The Morgan fingerprint density at radius 3 is 2.65 bits per heavy atom. The van der Waals surface area contributed by atoms with Gasteiger partial charge in [-0.1, -0.05) is 26.2 Å². The van der Waals surface area contributed by atoms with E-state index in [1.165, 1.54) is 12.8 Å². The molecule has 1 unspecified atom stereocenters. The quantitative estimate of drug-likeness (QED) is 0.750. The van der Waals surface area contributed by atoms with Gasteiger partial charge >= 0.3 is 0 Å². The van der Waals surface area contributed by atoms with Crippen LogP contribution in [0.15, 0.2) is 24.3 Å². The van der Waals surface area contributed by atoms with Crippen LogP contribution in [0, 0.1) is 5.92 Å². The molecule has 0 saturated carbocycles. The highest BCUT2D eigenvalue weighted by Gasteiger charge is 2.34. The second-order valence-corrected chi connectivity index (χ2v) is 5.96. The van der Waals surface area contributed by atoms with Crippen molar-refractivity contribution in [3.05, 3.63) is 24.3 Å². The van der Waals surface area contributed by atoms with Crippen LogP contribution in [0.2, 0.25) is 0 Å². The van der Waals surface area contributed by atoms with Crippen molar-refractivity contribution in [3.63, 3.8) is 0 Å². The molecule has 1 fully saturated rings. The highest BCUT2D eigenvalue weighted by atomic mass is 16.5. The summed E-state index contributed by atoms with van der Waals surface area (Å²) >= 11 is 0. The molecule has 5 heteroatoms. The number of benzene rings is 1. The molecule has 23 heavy (non-hydrogen) atoms. The summed E-state index contributed by atoms with van der Waals surface area (Å²) in [5, 5.41) is 2.96. The maximum Gasteiger partial charge on any atom is 0.227 e. The summed E-state index contributed by atoms with van der Waals surface area (Å²) in [6.07, 6.45) is 4.80. The third kappa shape index (κ3) is 4.71. The fourth-order valence-corrected chi connectivity index (χ4v) is 2.80. The maximum absolute atomic E-state index is 12.2. The number of hydrogen-bond acceptors (Lipinski definition) is 3. The Labute approximate surface area is 138 Å². The molecule has 2 rings (SSSR count). The van der Waals surface area contributed by atoms with Gasteiger partial charge in [0.2, 0.25) is 11.8 Å². The Hall–Kier alpha value is -2.04. The van der Waals surface area contributed by atoms with Crippen molar-refractivity contribution in [3.8, 4) is 5.75 Å². The Morgan fingerprint density at radius 2 is 2.00 bits per heavy atom. The first-order valence-electron chi connectivity index (χ1n) is 8.37. The van der Waals surface area contributed by atoms with Crippen molar-refractivity contribution in [2.75, 3.05) is 25.1 Å². The summed E-state index contributed by atoms with van der Waals surface area (Å²) in [6, 6.07) is 7.34. The number of nitrogens with one attached hydrogen (secondary N) is 1. The van der Waals surface area contributed by atoms with E-state index in [4.69, 9.17) is 4.74 Å². The molecule has 1 aromatic carbocycles. The molecular formula is C18H26N2O3. The van der Waals surface area contributed by atoms with Crippen molar-refractivity contribution in [2.24, 2.45) is 5.92 Å². The van der Waals surface area contributed by atoms with Crippen molar-refractivity contribution >= 4 is 17.5 Å². The van der Waals surface area contributed by atoms with Crippen molar-refractivity contribution < 1.29 is 14.3 Å². The van der Waals surface area contributed by atoms with Crippen molar-refractivity contribution in [1.82, 2.24) is 5.32 Å². The number of carbonyl (C=O) groups is 2. The third-order valence-corrected chi connectivity index (χ3v) is 4.21. The zero-order valence-electron chi connectivity index (χ0n) is 14.0. The molecule has 0 bridgehead atoms. The van der Waals surface area contributed by atoms with Crippen LogP contribution in [0.25, 0.3) is 0 Å². The van der Waals surface area contributed by atoms with E-state index in [1.807, 2.05) is 24.3 Å². The van der Waals surface area contributed by atoms with Crippen LogP contribution in [0.5, 0.6) is 5.75 Å². The van der Waals surface area contributed by atoms with E-state index in [1.54, 1.807) is 12.0 Å². The van der Waals surface area contributed by atoms with Gasteiger partial charge in [0.15, 0.2) is 0 Å². The van der Waals surface area contributed by atoms with Gasteiger partial charge in [-0.25, -0.2) is 0 Å². The lowest BCUT2D eigenvalue weighted by Gasteiger charge is -2.17. The maximum atomic E-state index is 12.2. The summed E-state index contributed by atoms with van der Waals surface area (Å²) < 4.78 is 5.12. The van der Waals surface area contributed by atoms with Gasteiger partial charge in [-0.3, -0.25) is 9.59 Å². The smallest absolute Gasteiger partial charge is 0.227 e. The first-order valence-corrected chi connectivity index (χ1v) is 8.37. The normalized spacial score (nSPS) is 17.4. The van der Waals surface area contributed by atoms with Gasteiger partial charge in [0, 0.05) is 25.2 Å². The molecular weight excluding hydrogens is 292 g/mol. The lowest BCUT2D eigenvalue weighted by Crippen LogP contribution is -2.33. The molecule has 0 aliphatic carbocycles. The number of hydrogen-bond donors (Lipinski definition) is 1. The molecule has 1 aliphatic rings. The predicted octanol–water partition coefficient (Wildman–Crippen LogP) is 2.74. The summed E-state index contributed by atoms with van der Waals surface area (Å²) in [5.74, 6) is 0.490. The minimum atomic E-state index is -0.254. The lowest BCUT2D eigenvalue weighted by atomic mass is 10.1. The number of nitrogens with zero attached hydrogens (tertiary/aromatic N) is 1. The molecule has 0 aromatic heterocycles. The van der Waals surface area contributed by atoms with Gasteiger partial charge in [0.05, 0.1) is 13.0 Å². The average molecular weight is 318 g/mol. The van der Waals surface area contributed by atoms with Crippen molar-refractivity contribution in [1.29, 1.82) is 0 Å². The van der Waals surface area contributed by atoms with Crippen LogP contribution < -0.4 is 15.0 Å². The van der Waals surface area contributed by atoms with Gasteiger partial charge < -0.3 is 15.0 Å². The number of unbranched alkanes of at least 4 members (excludes halogenated alkanes) is 3. The van der Waals surface area contributed by atoms with Gasteiger partial charge in [-0.2, -0.15) is 0 Å². The van der Waals surface area contributed by atoms with Gasteiger partial charge in [0.25, 0.3) is 0 Å². The summed E-state index contributed by atoms with van der Waals surface area (Å²) in [4.78, 5) is 26.0. The van der Waals surface area contributed by atoms with Gasteiger partial charge in [-0.05, 0) is 30.7 Å². The topological polar surface area (TPSA) is 58.6 Å². The largest absolute Gasteiger partial charge is 0.497 e. The average Bonchev–Trinajstić information content (AvgIpc) is 2.96. The van der Waals surface area contributed by atoms with E-state index in [-0.39, 0.29) is 24.2 Å². The fraction of sp³-hybridized carbons (Fsp3) is 0.556. The molecule has 1 N–H and O–H groups in total. The van der Waals surface area contributed by atoms with Gasteiger partial charge in [-0.15, -0.1) is 0 Å². The standard InChI is InChI=1S/C18H26N2O3/c1-3-4-5-6-11-19-18(22)14-12-17(21)20(13-14)15-7-9-16(23-2)10-8-15/h7-10,14H,3-6,11-13H2,1-2H3,(H,19,22). The third-order valence-electron chi connectivity index (χ3n) is 4.21. The molecule has 1 aliphatic heterocycles. The Morgan fingerprint density at radius 1 is 1.26 bits per heavy atom. The lowest BCUT2D eigenvalue weighted by molar-refractivity contribution is -0.126. The molecule has 0 radical (unpaired) electrons. The van der Waals surface area contributed by atoms with Crippen LogP contribution in [0.3, 0.4) is 0 Å². The second-order valence-electron chi connectivity index (χ2n) is 5.96. The van der Waals surface area contributed by atoms with Crippen LogP contribution in [-0.4, -0.2) is 32.0 Å². The highest BCUT2D eigenvalue weighted by molar-refractivity contribution is 6.00. The molecule has 2 amide bonds. The number of rotatable bonds is 8. The van der Waals surface area contributed by atoms with Crippen LogP contribution in [0.4, 0.5) is 5.69 Å². The van der Waals surface area contributed by atoms with Crippen molar-refractivity contribution in [2.45, 2.75) is 39.0 Å². The molecule has 1 aromatic rings. The minimum Gasteiger partial charge on any atom is -0.497 e. The zero-order valence-corrected chi connectivity index (χ0v) is 14.0. The van der Waals surface area contributed by atoms with E-state index < -0.39 is 0 Å². The summed E-state index contributed by atoms with van der Waals surface area (Å²) in [5.41, 5.74) is 0.814. The monoisotopic (exact) mass is 318 g/mol. The first-order chi connectivity index (χ1) is 11.2. The van der Waals surface area contributed by atoms with Crippen LogP contribution in [0.1, 0.15) is 39.0 Å². The predicted molar refractivity (Wildman–Crippen MR) is 90.6 cm³/mol. The Bertz CT molecular complexity index is 528. The molecule has 1 heterocycles. The second kappa shape index (κ2) is 8.56. The van der Waals surface area contributed by atoms with E-state index in [9.17, 15) is 9.59 Å². The van der Waals surface area contributed by atoms with E-state index in [0.29, 0.717) is 13.1 Å². The highest BCUT2D eigenvalue weighted by Crippen LogP contribution is 2.26. The van der Waals surface area contributed by atoms with E-state index in [0.717, 1.165) is 24.3 Å². The van der Waals surface area contributed by atoms with E-state index >= 15 is 0 Å². The Balaban J connectivity index is 1.84. The van der Waals surface area contributed by atoms with E-state index in [2.05, 4.69) is 12.2 Å². The fourth-order valence-electron chi connectivity index (χ4n) is 2.80. The SMILES string of the molecule is CCCCCCNC(=O)C1CC(=O)N(c2ccc(OC)cc2)C1. The Kier molecular flexibility index (Phi) is 6.44. The number of carbonyl (C=O) groups excluding carboxylic acids is 2. The number of methoxy groups -OCH3 is 1. The minimum absolute atomic E-state index is 0.00120. The van der Waals surface area contributed by atoms with Gasteiger partial charge in [0.1, 0.15) is 5.75 Å².